The van der Waals surface area contributed by atoms with Crippen LogP contribution in [0, 0.1) is 5.41 Å². The molecule has 1 saturated carbocycles. The van der Waals surface area contributed by atoms with E-state index in [4.69, 9.17) is 27.9 Å². The molecule has 2 atom stereocenters. The molecular formula is C11H15Cl2NO5S. The van der Waals surface area contributed by atoms with E-state index in [0.717, 1.165) is 0 Å². The lowest BCUT2D eigenvalue weighted by atomic mass is 10.1. The lowest BCUT2D eigenvalue weighted by Gasteiger charge is -2.13. The minimum absolute atomic E-state index is 0.0663. The largest absolute Gasteiger partial charge is 0.455 e. The monoisotopic (exact) mass is 343 g/mol. The first-order chi connectivity index (χ1) is 9.06. The van der Waals surface area contributed by atoms with Gasteiger partial charge in [-0.15, -0.1) is 23.2 Å². The van der Waals surface area contributed by atoms with E-state index in [2.05, 4.69) is 5.32 Å². The molecule has 0 bridgehead atoms. The predicted octanol–water partition coefficient (Wildman–Crippen LogP) is 0.417. The summed E-state index contributed by atoms with van der Waals surface area (Å²) in [7, 11) is -3.06. The van der Waals surface area contributed by atoms with Gasteiger partial charge in [0, 0.05) is 12.5 Å². The highest BCUT2D eigenvalue weighted by atomic mass is 35.5. The van der Waals surface area contributed by atoms with Gasteiger partial charge >= 0.3 is 5.97 Å². The van der Waals surface area contributed by atoms with Crippen LogP contribution in [0.4, 0.5) is 0 Å². The standard InChI is InChI=1S/C11H15Cl2NO5S/c1-10(6-11(10,12)13)9(16)19-4-8(15)14-7-2-3-20(17,18)5-7/h7H,2-6H2,1H3,(H,14,15). The Morgan fingerprint density at radius 2 is 2.00 bits per heavy atom. The first-order valence-corrected chi connectivity index (χ1v) is 8.68. The third-order valence-corrected chi connectivity index (χ3v) is 6.51. The molecule has 6 nitrogen and oxygen atoms in total. The van der Waals surface area contributed by atoms with Crippen molar-refractivity contribution in [1.82, 2.24) is 5.32 Å². The summed E-state index contributed by atoms with van der Waals surface area (Å²) in [5.74, 6) is -1.16. The summed E-state index contributed by atoms with van der Waals surface area (Å²) >= 11 is 11.6. The van der Waals surface area contributed by atoms with Crippen molar-refractivity contribution in [1.29, 1.82) is 0 Å². The fourth-order valence-corrected chi connectivity index (χ4v) is 4.45. The molecule has 20 heavy (non-hydrogen) atoms. The van der Waals surface area contributed by atoms with Gasteiger partial charge in [0.25, 0.3) is 5.91 Å². The van der Waals surface area contributed by atoms with Crippen molar-refractivity contribution >= 4 is 44.9 Å². The molecule has 0 aromatic rings. The van der Waals surface area contributed by atoms with Crippen LogP contribution in [0.15, 0.2) is 0 Å². The number of halogens is 2. The molecule has 114 valence electrons. The lowest BCUT2D eigenvalue weighted by molar-refractivity contribution is -0.153. The molecule has 0 spiro atoms. The molecule has 2 aliphatic rings. The summed E-state index contributed by atoms with van der Waals surface area (Å²) < 4.78 is 26.2. The summed E-state index contributed by atoms with van der Waals surface area (Å²) in [5.41, 5.74) is -0.979. The van der Waals surface area contributed by atoms with Crippen molar-refractivity contribution in [2.45, 2.75) is 30.1 Å². The minimum Gasteiger partial charge on any atom is -0.455 e. The van der Waals surface area contributed by atoms with Crippen LogP contribution >= 0.6 is 23.2 Å². The van der Waals surface area contributed by atoms with Gasteiger partial charge in [-0.05, 0) is 13.3 Å². The fourth-order valence-electron chi connectivity index (χ4n) is 2.09. The maximum atomic E-state index is 11.7. The Morgan fingerprint density at radius 3 is 2.45 bits per heavy atom. The summed E-state index contributed by atoms with van der Waals surface area (Å²) in [6.07, 6.45) is 0.663. The maximum Gasteiger partial charge on any atom is 0.315 e. The Hall–Kier alpha value is -0.530. The van der Waals surface area contributed by atoms with Gasteiger partial charge in [-0.1, -0.05) is 0 Å². The Balaban J connectivity index is 1.75. The van der Waals surface area contributed by atoms with Gasteiger partial charge in [0.05, 0.1) is 11.5 Å². The Bertz CT molecular complexity index is 547. The number of alkyl halides is 2. The number of carbonyl (C=O) groups is 2. The smallest absolute Gasteiger partial charge is 0.315 e. The van der Waals surface area contributed by atoms with E-state index in [9.17, 15) is 18.0 Å². The number of carbonyl (C=O) groups excluding carboxylic acids is 2. The molecule has 1 aliphatic carbocycles. The highest BCUT2D eigenvalue weighted by Gasteiger charge is 2.69. The normalized spacial score (nSPS) is 33.5. The van der Waals surface area contributed by atoms with Crippen LogP contribution in [-0.4, -0.2) is 48.8 Å². The maximum absolute atomic E-state index is 11.7. The third kappa shape index (κ3) is 3.20. The zero-order valence-electron chi connectivity index (χ0n) is 10.8. The van der Waals surface area contributed by atoms with Crippen LogP contribution in [0.25, 0.3) is 0 Å². The summed E-state index contributed by atoms with van der Waals surface area (Å²) in [4.78, 5) is 23.3. The molecule has 1 amide bonds. The number of sulfone groups is 1. The van der Waals surface area contributed by atoms with E-state index >= 15 is 0 Å². The van der Waals surface area contributed by atoms with E-state index in [1.54, 1.807) is 6.92 Å². The average molecular weight is 344 g/mol. The fraction of sp³-hybridized carbons (Fsp3) is 0.818. The van der Waals surface area contributed by atoms with Gasteiger partial charge in [0.15, 0.2) is 16.4 Å². The highest BCUT2D eigenvalue weighted by Crippen LogP contribution is 2.64. The van der Waals surface area contributed by atoms with E-state index in [1.165, 1.54) is 0 Å². The van der Waals surface area contributed by atoms with Crippen LogP contribution in [0.1, 0.15) is 19.8 Å². The molecule has 0 aromatic carbocycles. The SMILES string of the molecule is CC1(C(=O)OCC(=O)NC2CCS(=O)(=O)C2)CC1(Cl)Cl. The highest BCUT2D eigenvalue weighted by molar-refractivity contribution is 7.91. The average Bonchev–Trinajstić information content (AvgIpc) is 2.63. The van der Waals surface area contributed by atoms with Gasteiger partial charge in [-0.2, -0.15) is 0 Å². The van der Waals surface area contributed by atoms with Gasteiger partial charge in [-0.25, -0.2) is 8.42 Å². The van der Waals surface area contributed by atoms with E-state index in [0.29, 0.717) is 6.42 Å². The first-order valence-electron chi connectivity index (χ1n) is 6.11. The number of amides is 1. The summed E-state index contributed by atoms with van der Waals surface area (Å²) in [6.45, 7) is 1.10. The number of esters is 1. The quantitative estimate of drug-likeness (QED) is 0.590. The Kier molecular flexibility index (Phi) is 3.99. The van der Waals surface area contributed by atoms with Gasteiger partial charge < -0.3 is 10.1 Å². The van der Waals surface area contributed by atoms with E-state index in [-0.39, 0.29) is 17.9 Å². The van der Waals surface area contributed by atoms with Gasteiger partial charge in [-0.3, -0.25) is 9.59 Å². The molecular weight excluding hydrogens is 329 g/mol. The molecule has 0 radical (unpaired) electrons. The predicted molar refractivity (Wildman–Crippen MR) is 73.3 cm³/mol. The Labute approximate surface area is 127 Å². The number of hydrogen-bond donors (Lipinski definition) is 1. The van der Waals surface area contributed by atoms with Crippen molar-refractivity contribution in [2.24, 2.45) is 5.41 Å². The molecule has 1 saturated heterocycles. The number of hydrogen-bond acceptors (Lipinski definition) is 5. The van der Waals surface area contributed by atoms with Crippen molar-refractivity contribution < 1.29 is 22.7 Å². The Morgan fingerprint density at radius 1 is 1.40 bits per heavy atom. The summed E-state index contributed by atoms with van der Waals surface area (Å²) in [6, 6.07) is -0.414. The number of nitrogens with one attached hydrogen (secondary N) is 1. The van der Waals surface area contributed by atoms with Gasteiger partial charge in [0.2, 0.25) is 0 Å². The number of ether oxygens (including phenoxy) is 1. The molecule has 1 heterocycles. The second-order valence-electron chi connectivity index (χ2n) is 5.46. The van der Waals surface area contributed by atoms with E-state index < -0.39 is 44.1 Å². The molecule has 2 fully saturated rings. The summed E-state index contributed by atoms with van der Waals surface area (Å²) in [5, 5.41) is 2.52. The van der Waals surface area contributed by atoms with Crippen molar-refractivity contribution in [3.63, 3.8) is 0 Å². The molecule has 0 aromatic heterocycles. The van der Waals surface area contributed by atoms with Crippen molar-refractivity contribution in [3.05, 3.63) is 0 Å². The second kappa shape index (κ2) is 5.03. The zero-order chi connectivity index (χ0) is 15.2. The zero-order valence-corrected chi connectivity index (χ0v) is 13.1. The topological polar surface area (TPSA) is 89.5 Å². The van der Waals surface area contributed by atoms with Crippen LogP contribution in [0.3, 0.4) is 0 Å². The minimum atomic E-state index is -3.06. The van der Waals surface area contributed by atoms with Crippen LogP contribution in [-0.2, 0) is 24.2 Å². The number of rotatable bonds is 4. The molecule has 1 N–H and O–H groups in total. The second-order valence-corrected chi connectivity index (χ2v) is 9.17. The van der Waals surface area contributed by atoms with Crippen molar-refractivity contribution in [2.75, 3.05) is 18.1 Å². The van der Waals surface area contributed by atoms with Crippen LogP contribution < -0.4 is 5.32 Å². The molecule has 2 rings (SSSR count). The van der Waals surface area contributed by atoms with Crippen LogP contribution in [0.5, 0.6) is 0 Å². The molecule has 2 unspecified atom stereocenters. The molecule has 9 heteroatoms. The van der Waals surface area contributed by atoms with Gasteiger partial charge in [0.1, 0.15) is 9.75 Å². The molecule has 1 aliphatic heterocycles. The van der Waals surface area contributed by atoms with E-state index in [1.807, 2.05) is 0 Å². The van der Waals surface area contributed by atoms with Crippen LogP contribution in [0.2, 0.25) is 0 Å². The first kappa shape index (κ1) is 15.9. The van der Waals surface area contributed by atoms with Crippen molar-refractivity contribution in [3.8, 4) is 0 Å². The third-order valence-electron chi connectivity index (χ3n) is 3.64. The lowest BCUT2D eigenvalue weighted by Crippen LogP contribution is -2.39.